The summed E-state index contributed by atoms with van der Waals surface area (Å²) in [5.74, 6) is 1.02. The molecule has 2 aromatic rings. The molecule has 0 fully saturated rings. The van der Waals surface area contributed by atoms with Crippen molar-refractivity contribution >= 4 is 28.8 Å². The predicted molar refractivity (Wildman–Crippen MR) is 87.8 cm³/mol. The normalized spacial score (nSPS) is 10.8. The smallest absolute Gasteiger partial charge is 0.131 e. The molecule has 0 bridgehead atoms. The van der Waals surface area contributed by atoms with E-state index in [0.717, 1.165) is 29.8 Å². The molecule has 3 nitrogen and oxygen atoms in total. The largest absolute Gasteiger partial charge is 0.354 e. The number of rotatable bonds is 6. The van der Waals surface area contributed by atoms with Crippen molar-refractivity contribution in [1.29, 1.82) is 0 Å². The van der Waals surface area contributed by atoms with Gasteiger partial charge in [0.1, 0.15) is 5.82 Å². The molecule has 0 spiro atoms. The quantitative estimate of drug-likeness (QED) is 0.878. The topological polar surface area (TPSA) is 28.2 Å². The number of hydrogen-bond donors (Lipinski definition) is 1. The number of pyridine rings is 1. The molecule has 2 aromatic heterocycles. The molecule has 108 valence electrons. The Morgan fingerprint density at radius 3 is 2.80 bits per heavy atom. The number of aryl methyl sites for hydroxylation is 1. The molecule has 2 heterocycles. The first-order valence-corrected chi connectivity index (χ1v) is 7.91. The lowest BCUT2D eigenvalue weighted by Crippen LogP contribution is -2.19. The lowest BCUT2D eigenvalue weighted by atomic mass is 10.2. The van der Waals surface area contributed by atoms with E-state index in [9.17, 15) is 0 Å². The van der Waals surface area contributed by atoms with Crippen LogP contribution in [0, 0.1) is 6.92 Å². The second kappa shape index (κ2) is 7.07. The fourth-order valence-electron chi connectivity index (χ4n) is 2.14. The van der Waals surface area contributed by atoms with Crippen LogP contribution in [0.15, 0.2) is 24.4 Å². The van der Waals surface area contributed by atoms with Gasteiger partial charge in [0.15, 0.2) is 0 Å². The third kappa shape index (κ3) is 3.95. The molecule has 0 aliphatic carbocycles. The molecule has 0 radical (unpaired) electrons. The molecule has 1 N–H and O–H groups in total. The van der Waals surface area contributed by atoms with Gasteiger partial charge >= 0.3 is 0 Å². The van der Waals surface area contributed by atoms with Crippen molar-refractivity contribution in [3.05, 3.63) is 44.7 Å². The van der Waals surface area contributed by atoms with Gasteiger partial charge in [-0.2, -0.15) is 0 Å². The van der Waals surface area contributed by atoms with Crippen LogP contribution in [0.3, 0.4) is 0 Å². The highest BCUT2D eigenvalue weighted by Gasteiger charge is 2.09. The molecular formula is C15H20ClN3S. The van der Waals surface area contributed by atoms with Crippen LogP contribution in [-0.2, 0) is 13.1 Å². The Morgan fingerprint density at radius 1 is 1.40 bits per heavy atom. The number of hydrogen-bond acceptors (Lipinski definition) is 4. The second-order valence-corrected chi connectivity index (χ2v) is 6.63. The predicted octanol–water partition coefficient (Wildman–Crippen LogP) is 3.85. The van der Waals surface area contributed by atoms with Crippen LogP contribution < -0.4 is 10.2 Å². The molecule has 0 atom stereocenters. The molecule has 20 heavy (non-hydrogen) atoms. The molecule has 0 aliphatic rings. The monoisotopic (exact) mass is 309 g/mol. The van der Waals surface area contributed by atoms with Gasteiger partial charge in [-0.05, 0) is 42.8 Å². The molecule has 0 unspecified atom stereocenters. The summed E-state index contributed by atoms with van der Waals surface area (Å²) in [6.07, 6.45) is 1.95. The van der Waals surface area contributed by atoms with Gasteiger partial charge in [0.25, 0.3) is 0 Å². The van der Waals surface area contributed by atoms with Crippen molar-refractivity contribution in [3.63, 3.8) is 0 Å². The molecule has 0 saturated heterocycles. The summed E-state index contributed by atoms with van der Waals surface area (Å²) in [7, 11) is 2.06. The van der Waals surface area contributed by atoms with E-state index in [1.165, 1.54) is 16.0 Å². The van der Waals surface area contributed by atoms with E-state index in [4.69, 9.17) is 11.6 Å². The lowest BCUT2D eigenvalue weighted by Gasteiger charge is -2.20. The number of nitrogens with zero attached hydrogens (tertiary/aromatic N) is 2. The highest BCUT2D eigenvalue weighted by molar-refractivity contribution is 7.16. The maximum Gasteiger partial charge on any atom is 0.131 e. The van der Waals surface area contributed by atoms with E-state index < -0.39 is 0 Å². The molecule has 0 amide bonds. The molecule has 2 rings (SSSR count). The van der Waals surface area contributed by atoms with Crippen molar-refractivity contribution in [2.75, 3.05) is 18.5 Å². The van der Waals surface area contributed by atoms with E-state index in [-0.39, 0.29) is 0 Å². The van der Waals surface area contributed by atoms with Gasteiger partial charge in [-0.25, -0.2) is 4.98 Å². The fourth-order valence-corrected chi connectivity index (χ4v) is 3.28. The summed E-state index contributed by atoms with van der Waals surface area (Å²) >= 11 is 7.58. The minimum atomic E-state index is 0.831. The van der Waals surface area contributed by atoms with E-state index in [1.807, 2.05) is 12.3 Å². The van der Waals surface area contributed by atoms with Crippen LogP contribution in [0.2, 0.25) is 4.34 Å². The number of anilines is 1. The SMILES string of the molecule is CCNCc1cnc(N(C)Cc2ccc(Cl)s2)c(C)c1. The van der Waals surface area contributed by atoms with E-state index in [0.29, 0.717) is 0 Å². The number of nitrogens with one attached hydrogen (secondary N) is 1. The van der Waals surface area contributed by atoms with Crippen LogP contribution in [0.25, 0.3) is 0 Å². The van der Waals surface area contributed by atoms with Gasteiger partial charge in [-0.3, -0.25) is 0 Å². The summed E-state index contributed by atoms with van der Waals surface area (Å²) in [6.45, 7) is 6.89. The van der Waals surface area contributed by atoms with Gasteiger partial charge in [0.2, 0.25) is 0 Å². The Bertz CT molecular complexity index is 568. The Kier molecular flexibility index (Phi) is 5.40. The number of aromatic nitrogens is 1. The molecule has 0 aromatic carbocycles. The Labute approximate surface area is 129 Å². The van der Waals surface area contributed by atoms with Gasteiger partial charge in [0, 0.05) is 24.7 Å². The van der Waals surface area contributed by atoms with Crippen LogP contribution in [0.5, 0.6) is 0 Å². The third-order valence-electron chi connectivity index (χ3n) is 3.07. The zero-order chi connectivity index (χ0) is 14.5. The van der Waals surface area contributed by atoms with Crippen LogP contribution in [0.1, 0.15) is 22.9 Å². The molecular weight excluding hydrogens is 290 g/mol. The molecule has 0 saturated carbocycles. The van der Waals surface area contributed by atoms with Crippen molar-refractivity contribution in [1.82, 2.24) is 10.3 Å². The summed E-state index contributed by atoms with van der Waals surface area (Å²) in [5, 5.41) is 3.32. The van der Waals surface area contributed by atoms with Crippen molar-refractivity contribution < 1.29 is 0 Å². The average molecular weight is 310 g/mol. The van der Waals surface area contributed by atoms with Crippen molar-refractivity contribution in [2.24, 2.45) is 0 Å². The van der Waals surface area contributed by atoms with Gasteiger partial charge in [-0.15, -0.1) is 11.3 Å². The summed E-state index contributed by atoms with van der Waals surface area (Å²) in [5.41, 5.74) is 2.42. The summed E-state index contributed by atoms with van der Waals surface area (Å²) < 4.78 is 0.832. The maximum atomic E-state index is 5.97. The molecule has 5 heteroatoms. The van der Waals surface area contributed by atoms with Crippen LogP contribution in [0.4, 0.5) is 5.82 Å². The fraction of sp³-hybridized carbons (Fsp3) is 0.400. The highest BCUT2D eigenvalue weighted by atomic mass is 35.5. The van der Waals surface area contributed by atoms with Crippen LogP contribution in [-0.4, -0.2) is 18.6 Å². The highest BCUT2D eigenvalue weighted by Crippen LogP contribution is 2.25. The Balaban J connectivity index is 2.07. The second-order valence-electron chi connectivity index (χ2n) is 4.83. The van der Waals surface area contributed by atoms with Crippen molar-refractivity contribution in [2.45, 2.75) is 26.9 Å². The zero-order valence-electron chi connectivity index (χ0n) is 12.1. The summed E-state index contributed by atoms with van der Waals surface area (Å²) in [4.78, 5) is 8.00. The average Bonchev–Trinajstić information content (AvgIpc) is 2.81. The van der Waals surface area contributed by atoms with E-state index in [2.05, 4.69) is 48.2 Å². The number of halogens is 1. The molecule has 0 aliphatic heterocycles. The first-order valence-electron chi connectivity index (χ1n) is 6.71. The van der Waals surface area contributed by atoms with E-state index in [1.54, 1.807) is 11.3 Å². The van der Waals surface area contributed by atoms with E-state index >= 15 is 0 Å². The maximum absolute atomic E-state index is 5.97. The Hall–Kier alpha value is -1.10. The Morgan fingerprint density at radius 2 is 2.20 bits per heavy atom. The van der Waals surface area contributed by atoms with Gasteiger partial charge < -0.3 is 10.2 Å². The van der Waals surface area contributed by atoms with Crippen LogP contribution >= 0.6 is 22.9 Å². The first kappa shape index (κ1) is 15.3. The summed E-state index contributed by atoms with van der Waals surface area (Å²) in [6, 6.07) is 6.20. The van der Waals surface area contributed by atoms with Crippen molar-refractivity contribution in [3.8, 4) is 0 Å². The van der Waals surface area contributed by atoms with Gasteiger partial charge in [-0.1, -0.05) is 18.5 Å². The third-order valence-corrected chi connectivity index (χ3v) is 4.29. The number of thiophene rings is 1. The van der Waals surface area contributed by atoms with Gasteiger partial charge in [0.05, 0.1) is 10.9 Å². The lowest BCUT2D eigenvalue weighted by molar-refractivity contribution is 0.723. The zero-order valence-corrected chi connectivity index (χ0v) is 13.7. The standard InChI is InChI=1S/C15H20ClN3S/c1-4-17-8-12-7-11(2)15(18-9-12)19(3)10-13-5-6-14(16)20-13/h5-7,9,17H,4,8,10H2,1-3H3. The minimum absolute atomic E-state index is 0.831. The first-order chi connectivity index (χ1) is 9.60. The minimum Gasteiger partial charge on any atom is -0.354 e.